The number of hydrogen-bond acceptors (Lipinski definition) is 16. The Labute approximate surface area is 467 Å². The van der Waals surface area contributed by atoms with Gasteiger partial charge in [0.05, 0.1) is 23.8 Å². The molecule has 6 aromatic rings. The van der Waals surface area contributed by atoms with Crippen LogP contribution in [0.2, 0.25) is 5.28 Å². The number of ether oxygens (including phenoxy) is 2. The topological polar surface area (TPSA) is 231 Å². The monoisotopic (exact) mass is 1100 g/mol. The minimum Gasteiger partial charge on any atom is -0.444 e. The van der Waals surface area contributed by atoms with Gasteiger partial charge in [0.15, 0.2) is 0 Å². The van der Waals surface area contributed by atoms with E-state index in [2.05, 4.69) is 49.2 Å². The van der Waals surface area contributed by atoms with Crippen molar-refractivity contribution < 1.29 is 28.7 Å². The van der Waals surface area contributed by atoms with Gasteiger partial charge in [0, 0.05) is 116 Å². The Kier molecular flexibility index (Phi) is 18.0. The number of piperazine rings is 2. The van der Waals surface area contributed by atoms with Crippen molar-refractivity contribution in [1.82, 2.24) is 58.6 Å². The zero-order chi connectivity index (χ0) is 56.8. The molecule has 0 spiro atoms. The smallest absolute Gasteiger partial charge is 0.410 e. The van der Waals surface area contributed by atoms with Crippen molar-refractivity contribution in [3.05, 3.63) is 77.9 Å². The van der Waals surface area contributed by atoms with E-state index in [4.69, 9.17) is 31.8 Å². The molecule has 22 nitrogen and oxygen atoms in total. The van der Waals surface area contributed by atoms with Crippen LogP contribution in [0.3, 0.4) is 0 Å². The number of hydrogen-bond donors (Lipinski definition) is 2. The first-order chi connectivity index (χ1) is 37.5. The van der Waals surface area contributed by atoms with Gasteiger partial charge in [0.2, 0.25) is 11.2 Å². The molecule has 6 aromatic heterocycles. The number of fused-ring (bicyclic) bond motifs is 2. The number of pyridine rings is 2. The van der Waals surface area contributed by atoms with Gasteiger partial charge < -0.3 is 59.1 Å². The van der Waals surface area contributed by atoms with E-state index in [9.17, 15) is 19.2 Å². The van der Waals surface area contributed by atoms with Crippen molar-refractivity contribution >= 4 is 86.6 Å². The summed E-state index contributed by atoms with van der Waals surface area (Å²) in [6.45, 7) is 16.7. The molecule has 0 bridgehead atoms. The van der Waals surface area contributed by atoms with Crippen LogP contribution in [0.5, 0.6) is 0 Å². The van der Waals surface area contributed by atoms with E-state index in [1.54, 1.807) is 72.4 Å². The van der Waals surface area contributed by atoms with Crippen LogP contribution in [0.1, 0.15) is 126 Å². The zero-order valence-corrected chi connectivity index (χ0v) is 48.2. The largest absolute Gasteiger partial charge is 0.444 e. The number of amides is 4. The third-order valence-electron chi connectivity index (χ3n) is 14.1. The summed E-state index contributed by atoms with van der Waals surface area (Å²) in [6.07, 6.45) is 15.5. The first-order valence-electron chi connectivity index (χ1n) is 27.3. The lowest BCUT2D eigenvalue weighted by Gasteiger charge is -2.36. The number of carbonyl (C=O) groups is 4. The second kappa shape index (κ2) is 24.7. The van der Waals surface area contributed by atoms with Crippen molar-refractivity contribution in [2.75, 3.05) is 101 Å². The fourth-order valence-corrected chi connectivity index (χ4v) is 10.3. The summed E-state index contributed by atoms with van der Waals surface area (Å²) in [4.78, 5) is 87.0. The fraction of sp³-hybridized carbons (Fsp3) is 0.536. The van der Waals surface area contributed by atoms with E-state index in [-0.39, 0.29) is 35.3 Å². The molecule has 4 fully saturated rings. The van der Waals surface area contributed by atoms with Crippen molar-refractivity contribution in [3.63, 3.8) is 0 Å². The molecule has 0 unspecified atom stereocenters. The van der Waals surface area contributed by atoms with Crippen LogP contribution in [0.25, 0.3) is 22.1 Å². The van der Waals surface area contributed by atoms with Gasteiger partial charge in [-0.2, -0.15) is 9.97 Å². The molecule has 23 heteroatoms. The number of nitrogen functional groups attached to an aromatic ring is 1. The minimum atomic E-state index is -0.499. The first-order valence-corrected chi connectivity index (χ1v) is 27.6. The molecule has 2 aliphatic carbocycles. The van der Waals surface area contributed by atoms with Gasteiger partial charge in [0.25, 0.3) is 11.8 Å². The molecule has 10 rings (SSSR count). The number of nitrogens with zero attached hydrogens (tertiary/aromatic N) is 14. The molecule has 2 aliphatic heterocycles. The number of nitrogens with one attached hydrogen (secondary N) is 1. The number of carbonyl (C=O) groups excluding carboxylic acids is 4. The third-order valence-corrected chi connectivity index (χ3v) is 14.3. The van der Waals surface area contributed by atoms with Crippen molar-refractivity contribution in [1.29, 1.82) is 0 Å². The first kappa shape index (κ1) is 57.7. The maximum Gasteiger partial charge on any atom is 0.410 e. The van der Waals surface area contributed by atoms with Gasteiger partial charge in [-0.1, -0.05) is 25.7 Å². The summed E-state index contributed by atoms with van der Waals surface area (Å²) < 4.78 is 15.0. The average Bonchev–Trinajstić information content (AvgIpc) is 4.40. The molecule has 0 atom stereocenters. The highest BCUT2D eigenvalue weighted by atomic mass is 35.5. The van der Waals surface area contributed by atoms with Crippen molar-refractivity contribution in [3.8, 4) is 0 Å². The Morgan fingerprint density at radius 2 is 1.01 bits per heavy atom. The van der Waals surface area contributed by atoms with Crippen molar-refractivity contribution in [2.24, 2.45) is 0 Å². The summed E-state index contributed by atoms with van der Waals surface area (Å²) in [5.74, 6) is 1.55. The molecule has 79 heavy (non-hydrogen) atoms. The van der Waals surface area contributed by atoms with Gasteiger partial charge in [-0.05, 0) is 115 Å². The minimum absolute atomic E-state index is 0.00831. The summed E-state index contributed by atoms with van der Waals surface area (Å²) in [6, 6.07) is 12.0. The molecule has 2 saturated heterocycles. The van der Waals surface area contributed by atoms with Gasteiger partial charge in [-0.3, -0.25) is 9.59 Å². The highest BCUT2D eigenvalue weighted by Crippen LogP contribution is 2.36. The maximum absolute atomic E-state index is 12.9. The number of rotatable bonds is 8. The van der Waals surface area contributed by atoms with Crippen LogP contribution in [0, 0.1) is 0 Å². The van der Waals surface area contributed by atoms with Crippen LogP contribution in [-0.2, 0) is 9.47 Å². The van der Waals surface area contributed by atoms with E-state index in [1.165, 1.54) is 12.8 Å². The molecule has 2 saturated carbocycles. The Morgan fingerprint density at radius 1 is 0.582 bits per heavy atom. The van der Waals surface area contributed by atoms with Crippen LogP contribution in [-0.4, -0.2) is 174 Å². The Hall–Kier alpha value is -7.49. The Balaban J connectivity index is 0.000000172. The zero-order valence-electron chi connectivity index (χ0n) is 47.4. The molecular weight excluding hydrogens is 1030 g/mol. The average molecular weight is 1110 g/mol. The van der Waals surface area contributed by atoms with Crippen LogP contribution in [0.15, 0.2) is 61.2 Å². The van der Waals surface area contributed by atoms with Gasteiger partial charge in [-0.25, -0.2) is 29.5 Å². The summed E-state index contributed by atoms with van der Waals surface area (Å²) >= 11 is 5.92. The maximum atomic E-state index is 12.9. The number of aromatic nitrogens is 8. The predicted molar refractivity (Wildman–Crippen MR) is 307 cm³/mol. The van der Waals surface area contributed by atoms with Crippen molar-refractivity contribution in [2.45, 2.75) is 116 Å². The van der Waals surface area contributed by atoms with E-state index in [1.807, 2.05) is 78.1 Å². The van der Waals surface area contributed by atoms with E-state index >= 15 is 0 Å². The molecule has 8 heterocycles. The fourth-order valence-electron chi connectivity index (χ4n) is 10.2. The predicted octanol–water partition coefficient (Wildman–Crippen LogP) is 9.07. The van der Waals surface area contributed by atoms with Gasteiger partial charge in [0.1, 0.15) is 45.5 Å². The normalized spacial score (nSPS) is 16.3. The third kappa shape index (κ3) is 14.6. The SMILES string of the molecule is CC(C)(C)OC(=O)N1CCN(c2ccc(N)nc2)CC1.CN(C)C(=O)c1cc2cnc(Cl)nc2n1C1CCCC1.CN(C)C(=O)c1cc2cnc(Nc3ccc(N4CCN(C(=O)OC(C)(C)C)CC4)cn3)nc2n1C1CCCC1. The molecule has 424 valence electrons. The lowest BCUT2D eigenvalue weighted by atomic mass is 10.2. The lowest BCUT2D eigenvalue weighted by molar-refractivity contribution is 0.0230. The second-order valence-electron chi connectivity index (χ2n) is 22.8. The molecule has 0 aromatic carbocycles. The Bertz CT molecular complexity index is 3070. The number of halogens is 1. The molecule has 4 amide bonds. The van der Waals surface area contributed by atoms with Gasteiger partial charge in [-0.15, -0.1) is 0 Å². The van der Waals surface area contributed by atoms with E-state index in [0.29, 0.717) is 74.3 Å². The summed E-state index contributed by atoms with van der Waals surface area (Å²) in [5.41, 5.74) is 9.51. The highest BCUT2D eigenvalue weighted by Gasteiger charge is 2.30. The van der Waals surface area contributed by atoms with Crippen LogP contribution in [0.4, 0.5) is 38.5 Å². The number of anilines is 5. The quantitative estimate of drug-likeness (QED) is 0.135. The summed E-state index contributed by atoms with van der Waals surface area (Å²) in [5, 5.41) is 5.16. The van der Waals surface area contributed by atoms with Crippen LogP contribution < -0.4 is 20.9 Å². The molecule has 4 aliphatic rings. The van der Waals surface area contributed by atoms with Gasteiger partial charge >= 0.3 is 12.2 Å². The van der Waals surface area contributed by atoms with Crippen LogP contribution >= 0.6 is 11.6 Å². The molecule has 3 N–H and O–H groups in total. The summed E-state index contributed by atoms with van der Waals surface area (Å²) in [7, 11) is 7.07. The van der Waals surface area contributed by atoms with E-state index in [0.717, 1.165) is 85.1 Å². The lowest BCUT2D eigenvalue weighted by Crippen LogP contribution is -2.50. The Morgan fingerprint density at radius 3 is 1.42 bits per heavy atom. The molecule has 0 radical (unpaired) electrons. The standard InChI is InChI=1S/C28H38N8O3.C14H17ClN4O.C14H22N4O2/c1-28(2,3)39-27(38)35-14-12-34(13-15-35)21-10-11-23(29-18-21)31-26-30-17-19-16-22(25(37)33(4)5)36(24(19)32-26)20-8-6-7-9-20;1-18(2)13(20)11-7-9-8-16-14(15)17-12(9)19(11)10-5-3-4-6-10;1-14(2,3)20-13(19)18-8-6-17(7-9-18)11-4-5-12(15)16-10-11/h10-11,16-18,20H,6-9,12-15H2,1-5H3,(H,29,30,31,32);7-8,10H,3-6H2,1-2H3;4-5,10H,6-9H2,1-3H3,(H2,15,16). The highest BCUT2D eigenvalue weighted by molar-refractivity contribution is 6.28. The van der Waals surface area contributed by atoms with E-state index < -0.39 is 11.2 Å². The second-order valence-corrected chi connectivity index (χ2v) is 23.2. The number of nitrogens with two attached hydrogens (primary N) is 1. The molecular formula is C56H77ClN16O6.